The van der Waals surface area contributed by atoms with Crippen LogP contribution in [-0.4, -0.2) is 11.7 Å². The zero-order valence-electron chi connectivity index (χ0n) is 8.82. The summed E-state index contributed by atoms with van der Waals surface area (Å²) in [6, 6.07) is 0. The maximum Gasteiger partial charge on any atom is 0.289 e. The molecule has 0 unspecified atom stereocenters. The van der Waals surface area contributed by atoms with Crippen LogP contribution in [0.4, 0.5) is 0 Å². The van der Waals surface area contributed by atoms with Crippen LogP contribution >= 0.6 is 0 Å². The lowest BCUT2D eigenvalue weighted by atomic mass is 9.46. The molecule has 0 saturated carbocycles. The van der Waals surface area contributed by atoms with E-state index in [-0.39, 0.29) is 0 Å². The summed E-state index contributed by atoms with van der Waals surface area (Å²) in [5.41, 5.74) is 9.83. The molecule has 0 saturated heterocycles. The second-order valence-electron chi connectivity index (χ2n) is 4.39. The van der Waals surface area contributed by atoms with Gasteiger partial charge in [-0.25, -0.2) is 0 Å². The molecule has 0 spiro atoms. The number of hydrogen-bond donors (Lipinski definition) is 1. The van der Waals surface area contributed by atoms with Crippen molar-refractivity contribution in [2.24, 2.45) is 5.73 Å². The van der Waals surface area contributed by atoms with Gasteiger partial charge < -0.3 is 10.5 Å². The lowest BCUT2D eigenvalue weighted by Crippen LogP contribution is -2.40. The predicted octanol–water partition coefficient (Wildman–Crippen LogP) is 2.20. The molecule has 0 radical (unpaired) electrons. The molecular formula is C12H15BN2. The van der Waals surface area contributed by atoms with Crippen molar-refractivity contribution in [3.8, 4) is 0 Å². The molecule has 0 aromatic carbocycles. The molecule has 0 bridgehead atoms. The first kappa shape index (κ1) is 8.90. The van der Waals surface area contributed by atoms with Gasteiger partial charge in [-0.1, -0.05) is 23.7 Å². The van der Waals surface area contributed by atoms with Gasteiger partial charge in [-0.05, 0) is 37.4 Å². The maximum absolute atomic E-state index is 6.07. The zero-order valence-corrected chi connectivity index (χ0v) is 8.82. The highest BCUT2D eigenvalue weighted by molar-refractivity contribution is 6.65. The highest BCUT2D eigenvalue weighted by Crippen LogP contribution is 2.33. The quantitative estimate of drug-likeness (QED) is 0.604. The minimum absolute atomic E-state index is 0.572. The van der Waals surface area contributed by atoms with Crippen molar-refractivity contribution in [3.05, 3.63) is 47.4 Å². The molecular weight excluding hydrogens is 183 g/mol. The maximum atomic E-state index is 6.07. The van der Waals surface area contributed by atoms with Crippen LogP contribution in [0.3, 0.4) is 0 Å². The van der Waals surface area contributed by atoms with Crippen molar-refractivity contribution in [1.29, 1.82) is 0 Å². The Balaban J connectivity index is 2.06. The number of nitrogens with zero attached hydrogens (tertiary/aromatic N) is 1. The van der Waals surface area contributed by atoms with Crippen LogP contribution < -0.4 is 5.73 Å². The van der Waals surface area contributed by atoms with Crippen LogP contribution in [0.2, 0.25) is 6.32 Å². The summed E-state index contributed by atoms with van der Waals surface area (Å²) < 4.78 is 0. The lowest BCUT2D eigenvalue weighted by molar-refractivity contribution is 0.718. The molecule has 3 rings (SSSR count). The number of fused-ring (bicyclic) bond motifs is 2. The Kier molecular flexibility index (Phi) is 1.98. The third kappa shape index (κ3) is 1.34. The van der Waals surface area contributed by atoms with Gasteiger partial charge in [-0.15, -0.1) is 0 Å². The molecule has 3 heteroatoms. The zero-order chi connectivity index (χ0) is 10.3. The van der Waals surface area contributed by atoms with Crippen LogP contribution in [0, 0.1) is 0 Å². The third-order valence-electron chi connectivity index (χ3n) is 3.46. The Morgan fingerprint density at radius 1 is 1.27 bits per heavy atom. The summed E-state index contributed by atoms with van der Waals surface area (Å²) in [5, 5.41) is 0. The summed E-state index contributed by atoms with van der Waals surface area (Å²) in [7, 11) is 0. The SMILES string of the molecule is NC1=CN2C=CCCB2C2=C1C=CCC2. The van der Waals surface area contributed by atoms with Crippen LogP contribution in [0.5, 0.6) is 0 Å². The van der Waals surface area contributed by atoms with Crippen LogP contribution in [0.15, 0.2) is 47.4 Å². The van der Waals surface area contributed by atoms with E-state index in [2.05, 4.69) is 35.4 Å². The van der Waals surface area contributed by atoms with Crippen LogP contribution in [-0.2, 0) is 0 Å². The molecule has 1 aliphatic carbocycles. The first-order valence-electron chi connectivity index (χ1n) is 5.67. The van der Waals surface area contributed by atoms with E-state index in [0.717, 1.165) is 5.70 Å². The van der Waals surface area contributed by atoms with Gasteiger partial charge in [0.15, 0.2) is 0 Å². The number of nitrogens with two attached hydrogens (primary N) is 1. The monoisotopic (exact) mass is 198 g/mol. The topological polar surface area (TPSA) is 29.3 Å². The standard InChI is InChI=1S/C12H15BN2/c14-12-9-15-8-4-3-7-13(15)11-6-2-1-5-10(11)12/h1,4-5,8-9H,2-3,6-7,14H2. The van der Waals surface area contributed by atoms with Gasteiger partial charge in [0.25, 0.3) is 6.85 Å². The Bertz CT molecular complexity index is 404. The van der Waals surface area contributed by atoms with Crippen molar-refractivity contribution in [1.82, 2.24) is 4.81 Å². The normalized spacial score (nSPS) is 23.9. The van der Waals surface area contributed by atoms with E-state index in [9.17, 15) is 0 Å². The van der Waals surface area contributed by atoms with E-state index < -0.39 is 0 Å². The highest BCUT2D eigenvalue weighted by Gasteiger charge is 2.32. The Labute approximate surface area is 90.9 Å². The van der Waals surface area contributed by atoms with E-state index in [1.54, 1.807) is 5.47 Å². The highest BCUT2D eigenvalue weighted by atomic mass is 15.0. The van der Waals surface area contributed by atoms with Gasteiger partial charge in [0.05, 0.1) is 5.70 Å². The van der Waals surface area contributed by atoms with E-state index >= 15 is 0 Å². The molecule has 0 atom stereocenters. The van der Waals surface area contributed by atoms with E-state index in [0.29, 0.717) is 6.85 Å². The Hall–Kier alpha value is -1.38. The van der Waals surface area contributed by atoms with Crippen molar-refractivity contribution in [2.75, 3.05) is 0 Å². The van der Waals surface area contributed by atoms with Crippen LogP contribution in [0.1, 0.15) is 19.3 Å². The summed E-state index contributed by atoms with van der Waals surface area (Å²) in [4.78, 5) is 2.27. The fourth-order valence-electron chi connectivity index (χ4n) is 2.73. The summed E-state index contributed by atoms with van der Waals surface area (Å²) in [6.45, 7) is 0.572. The van der Waals surface area contributed by atoms with E-state index in [1.165, 1.54) is 31.2 Å². The fraction of sp³-hybridized carbons (Fsp3) is 0.333. The molecule has 2 nitrogen and oxygen atoms in total. The number of allylic oxidation sites excluding steroid dienone is 4. The van der Waals surface area contributed by atoms with Gasteiger partial charge in [0, 0.05) is 6.20 Å². The number of hydrogen-bond acceptors (Lipinski definition) is 2. The van der Waals surface area contributed by atoms with Gasteiger partial charge in [0.2, 0.25) is 0 Å². The van der Waals surface area contributed by atoms with E-state index in [4.69, 9.17) is 5.73 Å². The minimum atomic E-state index is 0.572. The largest absolute Gasteiger partial charge is 0.397 e. The molecule has 3 aliphatic rings. The van der Waals surface area contributed by atoms with Gasteiger partial charge >= 0.3 is 0 Å². The minimum Gasteiger partial charge on any atom is -0.397 e. The summed E-state index contributed by atoms with van der Waals surface area (Å²) in [5.74, 6) is 0. The predicted molar refractivity (Wildman–Crippen MR) is 63.8 cm³/mol. The van der Waals surface area contributed by atoms with Crippen molar-refractivity contribution < 1.29 is 0 Å². The smallest absolute Gasteiger partial charge is 0.289 e. The average molecular weight is 198 g/mol. The molecule has 15 heavy (non-hydrogen) atoms. The second kappa shape index (κ2) is 3.33. The first-order chi connectivity index (χ1) is 7.36. The molecule has 0 aromatic rings. The molecule has 0 fully saturated rings. The van der Waals surface area contributed by atoms with Crippen LogP contribution in [0.25, 0.3) is 0 Å². The van der Waals surface area contributed by atoms with E-state index in [1.807, 2.05) is 0 Å². The van der Waals surface area contributed by atoms with Gasteiger partial charge in [0.1, 0.15) is 0 Å². The third-order valence-corrected chi connectivity index (χ3v) is 3.46. The molecule has 76 valence electrons. The first-order valence-corrected chi connectivity index (χ1v) is 5.67. The fourth-order valence-corrected chi connectivity index (χ4v) is 2.73. The lowest BCUT2D eigenvalue weighted by Gasteiger charge is -2.36. The summed E-state index contributed by atoms with van der Waals surface area (Å²) >= 11 is 0. The molecule has 2 aliphatic heterocycles. The number of rotatable bonds is 0. The van der Waals surface area contributed by atoms with Crippen molar-refractivity contribution in [3.63, 3.8) is 0 Å². The molecule has 0 amide bonds. The Morgan fingerprint density at radius 3 is 3.13 bits per heavy atom. The molecule has 2 N–H and O–H groups in total. The molecule has 2 heterocycles. The van der Waals surface area contributed by atoms with Gasteiger partial charge in [-0.3, -0.25) is 0 Å². The van der Waals surface area contributed by atoms with Crippen molar-refractivity contribution in [2.45, 2.75) is 25.6 Å². The molecule has 0 aromatic heterocycles. The Morgan fingerprint density at radius 2 is 2.20 bits per heavy atom. The van der Waals surface area contributed by atoms with Gasteiger partial charge in [-0.2, -0.15) is 0 Å². The summed E-state index contributed by atoms with van der Waals surface area (Å²) in [6.07, 6.45) is 15.7. The second-order valence-corrected chi connectivity index (χ2v) is 4.39. The average Bonchev–Trinajstić information content (AvgIpc) is 2.30. The van der Waals surface area contributed by atoms with Crippen molar-refractivity contribution >= 4 is 6.85 Å².